The molecule has 1 heterocycles. The van der Waals surface area contributed by atoms with Gasteiger partial charge in [-0.15, -0.1) is 5.10 Å². The summed E-state index contributed by atoms with van der Waals surface area (Å²) in [6.07, 6.45) is 1.06. The van der Waals surface area contributed by atoms with Crippen LogP contribution in [0.3, 0.4) is 0 Å². The summed E-state index contributed by atoms with van der Waals surface area (Å²) in [4.78, 5) is 0. The summed E-state index contributed by atoms with van der Waals surface area (Å²) < 4.78 is 15.7. The molecular formula is C14H18BrFN4. The van der Waals surface area contributed by atoms with Gasteiger partial charge < -0.3 is 5.32 Å². The Morgan fingerprint density at radius 1 is 1.45 bits per heavy atom. The fraction of sp³-hybridized carbons (Fsp3) is 0.429. The minimum Gasteiger partial charge on any atom is -0.309 e. The zero-order valence-electron chi connectivity index (χ0n) is 11.8. The number of hydrogen-bond acceptors (Lipinski definition) is 3. The van der Waals surface area contributed by atoms with Crippen molar-refractivity contribution >= 4 is 15.9 Å². The summed E-state index contributed by atoms with van der Waals surface area (Å²) >= 11 is 3.15. The molecule has 2 aromatic rings. The molecular weight excluding hydrogens is 323 g/mol. The maximum atomic E-state index is 13.6. The molecule has 0 radical (unpaired) electrons. The van der Waals surface area contributed by atoms with Gasteiger partial charge in [-0.1, -0.05) is 12.1 Å². The molecule has 6 heteroatoms. The van der Waals surface area contributed by atoms with E-state index in [0.717, 1.165) is 24.4 Å². The third-order valence-electron chi connectivity index (χ3n) is 3.19. The average molecular weight is 341 g/mol. The van der Waals surface area contributed by atoms with E-state index >= 15 is 0 Å². The first-order valence-corrected chi connectivity index (χ1v) is 7.45. The first-order valence-electron chi connectivity index (χ1n) is 6.65. The molecule has 108 valence electrons. The van der Waals surface area contributed by atoms with Gasteiger partial charge in [0.1, 0.15) is 11.5 Å². The van der Waals surface area contributed by atoms with Crippen LogP contribution in [0.1, 0.15) is 37.7 Å². The van der Waals surface area contributed by atoms with E-state index < -0.39 is 0 Å². The van der Waals surface area contributed by atoms with Crippen molar-refractivity contribution in [3.63, 3.8) is 0 Å². The number of benzene rings is 1. The summed E-state index contributed by atoms with van der Waals surface area (Å²) in [5.41, 5.74) is 2.48. The Morgan fingerprint density at radius 3 is 2.85 bits per heavy atom. The first kappa shape index (κ1) is 15.1. The molecule has 0 bridgehead atoms. The van der Waals surface area contributed by atoms with Crippen LogP contribution < -0.4 is 5.32 Å². The Balaban J connectivity index is 2.30. The zero-order valence-corrected chi connectivity index (χ0v) is 13.4. The predicted molar refractivity (Wildman–Crippen MR) is 80.5 cm³/mol. The highest BCUT2D eigenvalue weighted by Crippen LogP contribution is 2.21. The molecule has 1 N–H and O–H groups in total. The Kier molecular flexibility index (Phi) is 4.88. The Labute approximate surface area is 126 Å². The van der Waals surface area contributed by atoms with Gasteiger partial charge in [0.05, 0.1) is 21.9 Å². The van der Waals surface area contributed by atoms with Crippen molar-refractivity contribution in [1.29, 1.82) is 0 Å². The van der Waals surface area contributed by atoms with Crippen LogP contribution in [0.2, 0.25) is 0 Å². The fourth-order valence-corrected chi connectivity index (χ4v) is 2.31. The van der Waals surface area contributed by atoms with Gasteiger partial charge in [0.2, 0.25) is 0 Å². The Morgan fingerprint density at radius 2 is 2.20 bits per heavy atom. The second kappa shape index (κ2) is 6.45. The van der Waals surface area contributed by atoms with Crippen LogP contribution in [0.5, 0.6) is 0 Å². The van der Waals surface area contributed by atoms with Crippen LogP contribution in [0, 0.1) is 12.7 Å². The van der Waals surface area contributed by atoms with Gasteiger partial charge in [-0.2, -0.15) is 0 Å². The van der Waals surface area contributed by atoms with E-state index in [0.29, 0.717) is 10.2 Å². The molecule has 1 aromatic heterocycles. The maximum absolute atomic E-state index is 13.6. The molecule has 0 aliphatic carbocycles. The smallest absolute Gasteiger partial charge is 0.139 e. The van der Waals surface area contributed by atoms with E-state index in [9.17, 15) is 4.39 Å². The van der Waals surface area contributed by atoms with Gasteiger partial charge in [-0.3, -0.25) is 0 Å². The minimum absolute atomic E-state index is 0.129. The van der Waals surface area contributed by atoms with E-state index in [4.69, 9.17) is 0 Å². The lowest BCUT2D eigenvalue weighted by Gasteiger charge is -2.11. The van der Waals surface area contributed by atoms with Gasteiger partial charge in [0.25, 0.3) is 0 Å². The van der Waals surface area contributed by atoms with Gasteiger partial charge in [0.15, 0.2) is 0 Å². The molecule has 0 fully saturated rings. The fourth-order valence-electron chi connectivity index (χ4n) is 2.06. The second-order valence-corrected chi connectivity index (χ2v) is 5.60. The van der Waals surface area contributed by atoms with E-state index in [1.165, 1.54) is 6.07 Å². The number of hydrogen-bond donors (Lipinski definition) is 1. The molecule has 0 saturated heterocycles. The number of nitrogens with zero attached hydrogens (tertiary/aromatic N) is 3. The normalized spacial score (nSPS) is 12.7. The molecule has 1 aromatic carbocycles. The van der Waals surface area contributed by atoms with Crippen LogP contribution in [-0.4, -0.2) is 21.5 Å². The second-order valence-electron chi connectivity index (χ2n) is 4.75. The number of aromatic nitrogens is 3. The highest BCUT2D eigenvalue weighted by atomic mass is 79.9. The van der Waals surface area contributed by atoms with E-state index in [1.54, 1.807) is 10.7 Å². The number of nitrogens with one attached hydrogen (secondary N) is 1. The summed E-state index contributed by atoms with van der Waals surface area (Å²) in [6.45, 7) is 7.05. The molecule has 0 saturated carbocycles. The highest BCUT2D eigenvalue weighted by Gasteiger charge is 2.16. The van der Waals surface area contributed by atoms with Crippen LogP contribution >= 0.6 is 15.9 Å². The van der Waals surface area contributed by atoms with Crippen molar-refractivity contribution < 1.29 is 4.39 Å². The number of rotatable bonds is 5. The van der Waals surface area contributed by atoms with Crippen LogP contribution in [0.15, 0.2) is 22.7 Å². The van der Waals surface area contributed by atoms with Gasteiger partial charge in [-0.05, 0) is 54.9 Å². The predicted octanol–water partition coefficient (Wildman–Crippen LogP) is 3.54. The molecule has 0 amide bonds. The molecule has 2 rings (SSSR count). The summed E-state index contributed by atoms with van der Waals surface area (Å²) in [5.74, 6) is -0.309. The van der Waals surface area contributed by atoms with Gasteiger partial charge >= 0.3 is 0 Å². The summed E-state index contributed by atoms with van der Waals surface area (Å²) in [5, 5.41) is 11.7. The maximum Gasteiger partial charge on any atom is 0.139 e. The van der Waals surface area contributed by atoms with E-state index in [1.807, 2.05) is 13.0 Å². The minimum atomic E-state index is -0.309. The van der Waals surface area contributed by atoms with Gasteiger partial charge in [0, 0.05) is 6.07 Å². The van der Waals surface area contributed by atoms with Crippen LogP contribution in [0.4, 0.5) is 4.39 Å². The van der Waals surface area contributed by atoms with Crippen molar-refractivity contribution in [2.45, 2.75) is 33.2 Å². The van der Waals surface area contributed by atoms with E-state index in [-0.39, 0.29) is 11.9 Å². The third-order valence-corrected chi connectivity index (χ3v) is 3.83. The monoisotopic (exact) mass is 340 g/mol. The van der Waals surface area contributed by atoms with Crippen molar-refractivity contribution in [2.24, 2.45) is 0 Å². The van der Waals surface area contributed by atoms with Gasteiger partial charge in [-0.25, -0.2) is 9.07 Å². The molecule has 1 unspecified atom stereocenters. The molecule has 4 nitrogen and oxygen atoms in total. The molecule has 0 aliphatic heterocycles. The van der Waals surface area contributed by atoms with Crippen molar-refractivity contribution in [1.82, 2.24) is 20.3 Å². The Bertz CT molecular complexity index is 597. The van der Waals surface area contributed by atoms with Crippen molar-refractivity contribution in [3.8, 4) is 5.69 Å². The molecule has 0 aliphatic rings. The molecule has 0 spiro atoms. The SMILES string of the molecule is CCCNC(C)c1nnn(-c2ccc(Br)c(F)c2)c1C. The highest BCUT2D eigenvalue weighted by molar-refractivity contribution is 9.10. The third kappa shape index (κ3) is 3.07. The standard InChI is InChI=1S/C14H18BrFN4/c1-4-7-17-9(2)14-10(3)20(19-18-14)11-5-6-12(15)13(16)8-11/h5-6,8-9,17H,4,7H2,1-3H3. The lowest BCUT2D eigenvalue weighted by atomic mass is 10.2. The lowest BCUT2D eigenvalue weighted by Crippen LogP contribution is -2.20. The molecule has 20 heavy (non-hydrogen) atoms. The Hall–Kier alpha value is -1.27. The topological polar surface area (TPSA) is 42.7 Å². The first-order chi connectivity index (χ1) is 9.54. The summed E-state index contributed by atoms with van der Waals surface area (Å²) in [7, 11) is 0. The summed E-state index contributed by atoms with van der Waals surface area (Å²) in [6, 6.07) is 5.05. The lowest BCUT2D eigenvalue weighted by molar-refractivity contribution is 0.555. The number of halogens is 2. The molecule has 1 atom stereocenters. The van der Waals surface area contributed by atoms with Crippen molar-refractivity contribution in [3.05, 3.63) is 39.9 Å². The average Bonchev–Trinajstić information content (AvgIpc) is 2.81. The van der Waals surface area contributed by atoms with Crippen LogP contribution in [0.25, 0.3) is 5.69 Å². The van der Waals surface area contributed by atoms with E-state index in [2.05, 4.69) is 45.4 Å². The van der Waals surface area contributed by atoms with Crippen LogP contribution in [-0.2, 0) is 0 Å². The zero-order chi connectivity index (χ0) is 14.7. The van der Waals surface area contributed by atoms with Crippen molar-refractivity contribution in [2.75, 3.05) is 6.54 Å². The largest absolute Gasteiger partial charge is 0.309 e. The quantitative estimate of drug-likeness (QED) is 0.905.